The molecular formula is C17H22N4O5S2. The highest BCUT2D eigenvalue weighted by molar-refractivity contribution is 7.91. The molecule has 0 spiro atoms. The molecule has 0 aliphatic carbocycles. The molecule has 1 aliphatic heterocycles. The molecule has 0 unspecified atom stereocenters. The van der Waals surface area contributed by atoms with Crippen LogP contribution >= 0.6 is 0 Å². The number of hydrogen-bond donors (Lipinski definition) is 1. The lowest BCUT2D eigenvalue weighted by Crippen LogP contribution is -2.37. The van der Waals surface area contributed by atoms with Crippen LogP contribution in [0.5, 0.6) is 0 Å². The highest BCUT2D eigenvalue weighted by atomic mass is 32.2. The second-order valence-corrected chi connectivity index (χ2v) is 10.5. The lowest BCUT2D eigenvalue weighted by Gasteiger charge is -2.21. The van der Waals surface area contributed by atoms with Crippen molar-refractivity contribution in [3.8, 4) is 0 Å². The first kappa shape index (κ1) is 20.5. The summed E-state index contributed by atoms with van der Waals surface area (Å²) in [6.45, 7) is 1.04. The van der Waals surface area contributed by atoms with E-state index < -0.39 is 19.9 Å². The van der Waals surface area contributed by atoms with Gasteiger partial charge in [0, 0.05) is 32.6 Å². The van der Waals surface area contributed by atoms with Gasteiger partial charge in [0.25, 0.3) is 10.0 Å². The second kappa shape index (κ2) is 8.41. The first-order valence-corrected chi connectivity index (χ1v) is 11.9. The molecule has 9 nitrogen and oxygen atoms in total. The molecule has 0 bridgehead atoms. The molecule has 2 aromatic rings. The molecule has 1 N–H and O–H groups in total. The third-order valence-corrected chi connectivity index (χ3v) is 8.14. The van der Waals surface area contributed by atoms with Gasteiger partial charge in [0.2, 0.25) is 5.91 Å². The molecule has 2 heterocycles. The van der Waals surface area contributed by atoms with Gasteiger partial charge in [-0.15, -0.1) is 0 Å². The molecule has 3 rings (SSSR count). The maximum atomic E-state index is 12.6. The van der Waals surface area contributed by atoms with Crippen molar-refractivity contribution in [2.45, 2.75) is 22.8 Å². The number of benzene rings is 1. The van der Waals surface area contributed by atoms with E-state index in [9.17, 15) is 21.6 Å². The Balaban J connectivity index is 1.59. The zero-order valence-corrected chi connectivity index (χ0v) is 16.8. The number of hydrogen-bond acceptors (Lipinski definition) is 6. The van der Waals surface area contributed by atoms with Crippen molar-refractivity contribution in [2.24, 2.45) is 0 Å². The first-order valence-electron chi connectivity index (χ1n) is 8.85. The van der Waals surface area contributed by atoms with Crippen LogP contribution in [0.2, 0.25) is 0 Å². The molecule has 28 heavy (non-hydrogen) atoms. The van der Waals surface area contributed by atoms with Crippen molar-refractivity contribution in [1.29, 1.82) is 0 Å². The van der Waals surface area contributed by atoms with Crippen LogP contribution in [0.15, 0.2) is 52.8 Å². The van der Waals surface area contributed by atoms with Crippen LogP contribution in [0.4, 0.5) is 0 Å². The van der Waals surface area contributed by atoms with Crippen molar-refractivity contribution in [3.05, 3.63) is 42.9 Å². The summed E-state index contributed by atoms with van der Waals surface area (Å²) in [7, 11) is -7.21. The molecular weight excluding hydrogens is 404 g/mol. The molecule has 11 heteroatoms. The standard InChI is InChI=1S/C17H22N4O5S2/c22-17(7-12-27(23,24)15-5-2-1-3-6-15)20-8-4-9-21(11-10-20)28(25,26)16-13-18-14-19-16/h1-3,5-6,13-14H,4,7-12H2,(H,18,19). The van der Waals surface area contributed by atoms with Crippen LogP contribution in [0.1, 0.15) is 12.8 Å². The number of H-pyrrole nitrogens is 1. The van der Waals surface area contributed by atoms with Crippen LogP contribution in [-0.2, 0) is 24.7 Å². The fraction of sp³-hybridized carbons (Fsp3) is 0.412. The summed E-state index contributed by atoms with van der Waals surface area (Å²) in [6.07, 6.45) is 2.89. The average Bonchev–Trinajstić information content (AvgIpc) is 3.12. The molecule has 1 aromatic heterocycles. The van der Waals surface area contributed by atoms with E-state index in [0.29, 0.717) is 13.0 Å². The maximum Gasteiger partial charge on any atom is 0.260 e. The summed E-state index contributed by atoms with van der Waals surface area (Å²) < 4.78 is 51.1. The smallest absolute Gasteiger partial charge is 0.260 e. The Bertz CT molecular complexity index is 1010. The minimum atomic E-state index is -3.68. The lowest BCUT2D eigenvalue weighted by atomic mass is 10.3. The SMILES string of the molecule is O=C(CCS(=O)(=O)c1ccccc1)N1CCCN(S(=O)(=O)c2cnc[nH]2)CC1. The Hall–Kier alpha value is -2.24. The van der Waals surface area contributed by atoms with Crippen molar-refractivity contribution in [3.63, 3.8) is 0 Å². The van der Waals surface area contributed by atoms with Gasteiger partial charge in [-0.3, -0.25) is 4.79 Å². The molecule has 152 valence electrons. The molecule has 1 amide bonds. The van der Waals surface area contributed by atoms with E-state index in [1.54, 1.807) is 18.2 Å². The van der Waals surface area contributed by atoms with Gasteiger partial charge in [-0.05, 0) is 18.6 Å². The lowest BCUT2D eigenvalue weighted by molar-refractivity contribution is -0.130. The van der Waals surface area contributed by atoms with Crippen molar-refractivity contribution in [1.82, 2.24) is 19.2 Å². The zero-order valence-electron chi connectivity index (χ0n) is 15.2. The van der Waals surface area contributed by atoms with Crippen molar-refractivity contribution >= 4 is 25.8 Å². The fourth-order valence-corrected chi connectivity index (χ4v) is 5.65. The van der Waals surface area contributed by atoms with Gasteiger partial charge in [0.15, 0.2) is 14.9 Å². The quantitative estimate of drug-likeness (QED) is 0.718. The van der Waals surface area contributed by atoms with E-state index in [0.717, 1.165) is 0 Å². The Labute approximate surface area is 164 Å². The number of aromatic amines is 1. The monoisotopic (exact) mass is 426 g/mol. The average molecular weight is 427 g/mol. The van der Waals surface area contributed by atoms with E-state index >= 15 is 0 Å². The fourth-order valence-electron chi connectivity index (χ4n) is 3.03. The predicted octanol–water partition coefficient (Wildman–Crippen LogP) is 0.497. The number of imidazole rings is 1. The summed E-state index contributed by atoms with van der Waals surface area (Å²) >= 11 is 0. The van der Waals surface area contributed by atoms with Gasteiger partial charge in [-0.1, -0.05) is 18.2 Å². The highest BCUT2D eigenvalue weighted by Gasteiger charge is 2.29. The number of carbonyl (C=O) groups excluding carboxylic acids is 1. The number of sulfone groups is 1. The van der Waals surface area contributed by atoms with Crippen molar-refractivity contribution < 1.29 is 21.6 Å². The number of nitrogens with zero attached hydrogens (tertiary/aromatic N) is 3. The van der Waals surface area contributed by atoms with Gasteiger partial charge < -0.3 is 9.88 Å². The summed E-state index contributed by atoms with van der Waals surface area (Å²) in [4.78, 5) is 20.5. The number of sulfonamides is 1. The normalized spacial score (nSPS) is 16.6. The highest BCUT2D eigenvalue weighted by Crippen LogP contribution is 2.16. The molecule has 1 fully saturated rings. The molecule has 1 aliphatic rings. The molecule has 0 atom stereocenters. The summed E-state index contributed by atoms with van der Waals surface area (Å²) in [5.74, 6) is -0.567. The van der Waals surface area contributed by atoms with Crippen LogP contribution in [0, 0.1) is 0 Å². The summed E-state index contributed by atoms with van der Waals surface area (Å²) in [5, 5.41) is 0.0150. The zero-order chi connectivity index (χ0) is 20.2. The second-order valence-electron chi connectivity index (χ2n) is 6.44. The predicted molar refractivity (Wildman–Crippen MR) is 102 cm³/mol. The molecule has 0 saturated carbocycles. The minimum Gasteiger partial charge on any atom is -0.341 e. The molecule has 1 aromatic carbocycles. The third-order valence-electron chi connectivity index (χ3n) is 4.59. The van der Waals surface area contributed by atoms with E-state index in [2.05, 4.69) is 9.97 Å². The number of aromatic nitrogens is 2. The number of rotatable bonds is 6. The minimum absolute atomic E-state index is 0.0150. The summed E-state index contributed by atoms with van der Waals surface area (Å²) in [5.41, 5.74) is 0. The Morgan fingerprint density at radius 1 is 1.04 bits per heavy atom. The topological polar surface area (TPSA) is 121 Å². The number of nitrogens with one attached hydrogen (secondary N) is 1. The summed E-state index contributed by atoms with van der Waals surface area (Å²) in [6, 6.07) is 8.01. The van der Waals surface area contributed by atoms with E-state index in [-0.39, 0.29) is 47.6 Å². The number of carbonyl (C=O) groups is 1. The maximum absolute atomic E-state index is 12.6. The Morgan fingerprint density at radius 2 is 1.79 bits per heavy atom. The van der Waals surface area contributed by atoms with E-state index in [1.807, 2.05) is 0 Å². The number of amides is 1. The van der Waals surface area contributed by atoms with Crippen molar-refractivity contribution in [2.75, 3.05) is 31.9 Å². The van der Waals surface area contributed by atoms with Gasteiger partial charge in [0.1, 0.15) is 0 Å². The van der Waals surface area contributed by atoms with Crippen LogP contribution in [-0.4, -0.2) is 73.8 Å². The van der Waals surface area contributed by atoms with Crippen LogP contribution in [0.3, 0.4) is 0 Å². The molecule has 0 radical (unpaired) electrons. The van der Waals surface area contributed by atoms with Gasteiger partial charge >= 0.3 is 0 Å². The van der Waals surface area contributed by atoms with Gasteiger partial charge in [0.05, 0.1) is 23.2 Å². The van der Waals surface area contributed by atoms with E-state index in [1.165, 1.54) is 33.9 Å². The van der Waals surface area contributed by atoms with Crippen LogP contribution in [0.25, 0.3) is 0 Å². The largest absolute Gasteiger partial charge is 0.341 e. The van der Waals surface area contributed by atoms with Gasteiger partial charge in [-0.2, -0.15) is 4.31 Å². The van der Waals surface area contributed by atoms with Gasteiger partial charge in [-0.25, -0.2) is 21.8 Å². The van der Waals surface area contributed by atoms with Crippen LogP contribution < -0.4 is 0 Å². The first-order chi connectivity index (χ1) is 13.3. The van der Waals surface area contributed by atoms with E-state index in [4.69, 9.17) is 0 Å². The molecule has 1 saturated heterocycles. The Morgan fingerprint density at radius 3 is 2.46 bits per heavy atom. The third kappa shape index (κ3) is 4.59. The Kier molecular flexibility index (Phi) is 6.16.